The Balaban J connectivity index is 2.03. The maximum atomic E-state index is 12.3. The number of H-pyrrole nitrogens is 1. The first-order chi connectivity index (χ1) is 11.1. The molecule has 2 rings (SSSR count). The van der Waals surface area contributed by atoms with E-state index in [4.69, 9.17) is 0 Å². The van der Waals surface area contributed by atoms with E-state index in [-0.39, 0.29) is 11.8 Å². The predicted molar refractivity (Wildman–Crippen MR) is 93.3 cm³/mol. The SMILES string of the molecule is CSCCC(NC(C)=O)C(=O)Nc1cc(-c2ccccc2)[nH]n1. The summed E-state index contributed by atoms with van der Waals surface area (Å²) >= 11 is 1.63. The summed E-state index contributed by atoms with van der Waals surface area (Å²) in [6.45, 7) is 1.40. The molecule has 0 aliphatic heterocycles. The van der Waals surface area contributed by atoms with E-state index in [2.05, 4.69) is 20.8 Å². The molecule has 0 spiro atoms. The molecular formula is C16H20N4O2S. The second kappa shape index (κ2) is 8.38. The molecular weight excluding hydrogens is 312 g/mol. The van der Waals surface area contributed by atoms with E-state index in [1.54, 1.807) is 17.8 Å². The summed E-state index contributed by atoms with van der Waals surface area (Å²) in [7, 11) is 0. The number of carbonyl (C=O) groups is 2. The van der Waals surface area contributed by atoms with E-state index < -0.39 is 6.04 Å². The highest BCUT2D eigenvalue weighted by atomic mass is 32.2. The van der Waals surface area contributed by atoms with Gasteiger partial charge >= 0.3 is 0 Å². The van der Waals surface area contributed by atoms with Crippen LogP contribution in [-0.2, 0) is 9.59 Å². The zero-order valence-electron chi connectivity index (χ0n) is 13.1. The lowest BCUT2D eigenvalue weighted by molar-refractivity contribution is -0.125. The number of amides is 2. The molecule has 0 saturated heterocycles. The molecule has 1 unspecified atom stereocenters. The van der Waals surface area contributed by atoms with Gasteiger partial charge in [0.2, 0.25) is 11.8 Å². The normalized spacial score (nSPS) is 11.7. The van der Waals surface area contributed by atoms with Crippen LogP contribution in [0.15, 0.2) is 36.4 Å². The molecule has 1 atom stereocenters. The van der Waals surface area contributed by atoms with Crippen LogP contribution in [0.5, 0.6) is 0 Å². The molecule has 1 heterocycles. The van der Waals surface area contributed by atoms with Crippen LogP contribution in [0.4, 0.5) is 5.82 Å². The van der Waals surface area contributed by atoms with E-state index in [9.17, 15) is 9.59 Å². The second-order valence-electron chi connectivity index (χ2n) is 5.06. The number of carbonyl (C=O) groups excluding carboxylic acids is 2. The van der Waals surface area contributed by atoms with Gasteiger partial charge in [0, 0.05) is 13.0 Å². The van der Waals surface area contributed by atoms with Crippen LogP contribution in [0, 0.1) is 0 Å². The Labute approximate surface area is 139 Å². The molecule has 1 aromatic carbocycles. The average molecular weight is 332 g/mol. The van der Waals surface area contributed by atoms with Crippen molar-refractivity contribution in [1.82, 2.24) is 15.5 Å². The summed E-state index contributed by atoms with van der Waals surface area (Å²) in [5.41, 5.74) is 1.81. The lowest BCUT2D eigenvalue weighted by atomic mass is 10.1. The van der Waals surface area contributed by atoms with Crippen LogP contribution >= 0.6 is 11.8 Å². The summed E-state index contributed by atoms with van der Waals surface area (Å²) < 4.78 is 0. The molecule has 23 heavy (non-hydrogen) atoms. The third-order valence-electron chi connectivity index (χ3n) is 3.22. The monoisotopic (exact) mass is 332 g/mol. The second-order valence-corrected chi connectivity index (χ2v) is 6.04. The standard InChI is InChI=1S/C16H20N4O2S/c1-11(21)17-13(8-9-23-2)16(22)18-15-10-14(19-20-15)12-6-4-3-5-7-12/h3-7,10,13H,8-9H2,1-2H3,(H,17,21)(H2,18,19,20,22). The highest BCUT2D eigenvalue weighted by molar-refractivity contribution is 7.98. The molecule has 122 valence electrons. The van der Waals surface area contributed by atoms with Gasteiger partial charge in [0.1, 0.15) is 6.04 Å². The van der Waals surface area contributed by atoms with Crippen LogP contribution in [0.25, 0.3) is 11.3 Å². The maximum absolute atomic E-state index is 12.3. The largest absolute Gasteiger partial charge is 0.345 e. The van der Waals surface area contributed by atoms with Gasteiger partial charge in [0.05, 0.1) is 5.69 Å². The number of rotatable bonds is 7. The van der Waals surface area contributed by atoms with Gasteiger partial charge in [-0.2, -0.15) is 16.9 Å². The topological polar surface area (TPSA) is 86.9 Å². The molecule has 0 fully saturated rings. The summed E-state index contributed by atoms with van der Waals surface area (Å²) in [5.74, 6) is 0.737. The molecule has 0 aliphatic carbocycles. The fourth-order valence-corrected chi connectivity index (χ4v) is 2.59. The fraction of sp³-hybridized carbons (Fsp3) is 0.312. The smallest absolute Gasteiger partial charge is 0.248 e. The van der Waals surface area contributed by atoms with Crippen LogP contribution < -0.4 is 10.6 Å². The zero-order chi connectivity index (χ0) is 16.7. The van der Waals surface area contributed by atoms with E-state index in [0.29, 0.717) is 12.2 Å². The van der Waals surface area contributed by atoms with Crippen LogP contribution in [-0.4, -0.2) is 40.1 Å². The van der Waals surface area contributed by atoms with Crippen LogP contribution in [0.2, 0.25) is 0 Å². The minimum atomic E-state index is -0.558. The Hall–Kier alpha value is -2.28. The zero-order valence-corrected chi connectivity index (χ0v) is 13.9. The number of nitrogens with one attached hydrogen (secondary N) is 3. The van der Waals surface area contributed by atoms with Gasteiger partial charge in [-0.25, -0.2) is 0 Å². The first kappa shape index (κ1) is 17.1. The van der Waals surface area contributed by atoms with Crippen LogP contribution in [0.3, 0.4) is 0 Å². The van der Waals surface area contributed by atoms with Crippen molar-refractivity contribution < 1.29 is 9.59 Å². The predicted octanol–water partition coefficient (Wildman–Crippen LogP) is 2.27. The molecule has 0 radical (unpaired) electrons. The lowest BCUT2D eigenvalue weighted by Crippen LogP contribution is -2.43. The van der Waals surface area contributed by atoms with Crippen molar-refractivity contribution >= 4 is 29.4 Å². The van der Waals surface area contributed by atoms with Crippen LogP contribution in [0.1, 0.15) is 13.3 Å². The van der Waals surface area contributed by atoms with E-state index in [0.717, 1.165) is 17.0 Å². The number of benzene rings is 1. The number of hydrogen-bond donors (Lipinski definition) is 3. The minimum Gasteiger partial charge on any atom is -0.345 e. The molecule has 0 aliphatic rings. The molecule has 0 bridgehead atoms. The van der Waals surface area contributed by atoms with Crippen molar-refractivity contribution in [2.75, 3.05) is 17.3 Å². The summed E-state index contributed by atoms with van der Waals surface area (Å²) in [6.07, 6.45) is 2.53. The van der Waals surface area contributed by atoms with E-state index in [1.807, 2.05) is 36.6 Å². The molecule has 2 aromatic rings. The molecule has 6 nitrogen and oxygen atoms in total. The van der Waals surface area contributed by atoms with Crippen molar-refractivity contribution in [2.24, 2.45) is 0 Å². The van der Waals surface area contributed by atoms with E-state index >= 15 is 0 Å². The quantitative estimate of drug-likeness (QED) is 0.726. The van der Waals surface area contributed by atoms with Crippen molar-refractivity contribution in [3.63, 3.8) is 0 Å². The third-order valence-corrected chi connectivity index (χ3v) is 3.86. The molecule has 1 aromatic heterocycles. The Morgan fingerprint density at radius 1 is 1.30 bits per heavy atom. The first-order valence-corrected chi connectivity index (χ1v) is 8.67. The first-order valence-electron chi connectivity index (χ1n) is 7.28. The molecule has 2 amide bonds. The Kier molecular flexibility index (Phi) is 6.22. The van der Waals surface area contributed by atoms with Crippen molar-refractivity contribution in [3.05, 3.63) is 36.4 Å². The Bertz CT molecular complexity index is 657. The highest BCUT2D eigenvalue weighted by Gasteiger charge is 2.20. The number of aromatic nitrogens is 2. The van der Waals surface area contributed by atoms with Gasteiger partial charge in [-0.1, -0.05) is 30.3 Å². The molecule has 7 heteroatoms. The molecule has 3 N–H and O–H groups in total. The Morgan fingerprint density at radius 3 is 2.70 bits per heavy atom. The van der Waals surface area contributed by atoms with Gasteiger partial charge in [-0.05, 0) is 24.0 Å². The number of thioether (sulfide) groups is 1. The Morgan fingerprint density at radius 2 is 2.04 bits per heavy atom. The third kappa shape index (κ3) is 5.14. The number of nitrogens with zero attached hydrogens (tertiary/aromatic N) is 1. The maximum Gasteiger partial charge on any atom is 0.248 e. The summed E-state index contributed by atoms with van der Waals surface area (Å²) in [4.78, 5) is 23.6. The number of hydrogen-bond acceptors (Lipinski definition) is 4. The fourth-order valence-electron chi connectivity index (χ4n) is 2.11. The van der Waals surface area contributed by atoms with Gasteiger partial charge in [0.15, 0.2) is 5.82 Å². The van der Waals surface area contributed by atoms with Gasteiger partial charge < -0.3 is 10.6 Å². The van der Waals surface area contributed by atoms with Gasteiger partial charge in [0.25, 0.3) is 0 Å². The minimum absolute atomic E-state index is 0.224. The average Bonchev–Trinajstić information content (AvgIpc) is 3.00. The summed E-state index contributed by atoms with van der Waals surface area (Å²) in [5, 5.41) is 12.4. The summed E-state index contributed by atoms with van der Waals surface area (Å²) in [6, 6.07) is 10.9. The number of aromatic amines is 1. The lowest BCUT2D eigenvalue weighted by Gasteiger charge is -2.16. The van der Waals surface area contributed by atoms with Crippen molar-refractivity contribution in [2.45, 2.75) is 19.4 Å². The van der Waals surface area contributed by atoms with Crippen molar-refractivity contribution in [1.29, 1.82) is 0 Å². The van der Waals surface area contributed by atoms with Gasteiger partial charge in [-0.3, -0.25) is 14.7 Å². The van der Waals surface area contributed by atoms with E-state index in [1.165, 1.54) is 6.92 Å². The van der Waals surface area contributed by atoms with Crippen molar-refractivity contribution in [3.8, 4) is 11.3 Å². The van der Waals surface area contributed by atoms with Gasteiger partial charge in [-0.15, -0.1) is 0 Å². The number of anilines is 1. The highest BCUT2D eigenvalue weighted by Crippen LogP contribution is 2.19. The molecule has 0 saturated carbocycles.